The maximum atomic E-state index is 13.2. The number of carbonyl (C=O) groups is 1. The first-order valence-corrected chi connectivity index (χ1v) is 12.3. The number of aromatic nitrogens is 2. The third kappa shape index (κ3) is 4.08. The zero-order valence-electron chi connectivity index (χ0n) is 18.3. The number of amides is 1. The van der Waals surface area contributed by atoms with Gasteiger partial charge in [-0.1, -0.05) is 0 Å². The molecule has 0 atom stereocenters. The summed E-state index contributed by atoms with van der Waals surface area (Å²) in [4.78, 5) is 23.2. The summed E-state index contributed by atoms with van der Waals surface area (Å²) in [5.41, 5.74) is 1.98. The predicted molar refractivity (Wildman–Crippen MR) is 122 cm³/mol. The van der Waals surface area contributed by atoms with Crippen molar-refractivity contribution in [2.24, 2.45) is 0 Å². The summed E-state index contributed by atoms with van der Waals surface area (Å²) in [5, 5.41) is 3.69. The van der Waals surface area contributed by atoms with E-state index in [2.05, 4.69) is 15.3 Å². The molecule has 3 aromatic rings. The smallest absolute Gasteiger partial charge is 0.266 e. The van der Waals surface area contributed by atoms with Gasteiger partial charge in [0.15, 0.2) is 0 Å². The van der Waals surface area contributed by atoms with Crippen molar-refractivity contribution in [1.82, 2.24) is 14.3 Å². The molecule has 3 heterocycles. The number of benzene rings is 1. The van der Waals surface area contributed by atoms with E-state index in [1.807, 2.05) is 20.8 Å². The van der Waals surface area contributed by atoms with Crippen molar-refractivity contribution < 1.29 is 22.7 Å². The Labute approximate surface area is 190 Å². The van der Waals surface area contributed by atoms with E-state index in [-0.39, 0.29) is 29.6 Å². The number of fused-ring (bicyclic) bond motifs is 1. The minimum absolute atomic E-state index is 0.00472. The van der Waals surface area contributed by atoms with Crippen LogP contribution in [0.3, 0.4) is 0 Å². The first kappa shape index (κ1) is 22.6. The number of methoxy groups -OCH3 is 1. The Balaban J connectivity index is 1.67. The van der Waals surface area contributed by atoms with Crippen LogP contribution in [0, 0.1) is 20.8 Å². The van der Waals surface area contributed by atoms with Gasteiger partial charge < -0.3 is 14.8 Å². The van der Waals surface area contributed by atoms with E-state index < -0.39 is 10.0 Å². The number of ether oxygens (including phenoxy) is 2. The Morgan fingerprint density at radius 3 is 2.59 bits per heavy atom. The van der Waals surface area contributed by atoms with Gasteiger partial charge in [-0.05, 0) is 44.5 Å². The Morgan fingerprint density at radius 1 is 1.19 bits per heavy atom. The van der Waals surface area contributed by atoms with Crippen LogP contribution in [0.5, 0.6) is 5.75 Å². The summed E-state index contributed by atoms with van der Waals surface area (Å²) in [5.74, 6) is 0.535. The lowest BCUT2D eigenvalue weighted by molar-refractivity contribution is 0.0729. The van der Waals surface area contributed by atoms with Crippen molar-refractivity contribution in [3.8, 4) is 5.75 Å². The van der Waals surface area contributed by atoms with Crippen molar-refractivity contribution in [2.45, 2.75) is 25.7 Å². The molecule has 0 unspecified atom stereocenters. The number of rotatable bonds is 5. The molecular formula is C21H24N4O5S2. The normalized spacial score (nSPS) is 15.1. The van der Waals surface area contributed by atoms with Gasteiger partial charge in [0.1, 0.15) is 21.3 Å². The molecule has 0 radical (unpaired) electrons. The van der Waals surface area contributed by atoms with Gasteiger partial charge in [0.05, 0.1) is 25.2 Å². The number of nitrogens with one attached hydrogen (secondary N) is 1. The van der Waals surface area contributed by atoms with Crippen molar-refractivity contribution in [1.29, 1.82) is 0 Å². The fourth-order valence-corrected chi connectivity index (χ4v) is 6.52. The average Bonchev–Trinajstić information content (AvgIpc) is 3.10. The number of anilines is 1. The van der Waals surface area contributed by atoms with Crippen molar-refractivity contribution >= 4 is 43.2 Å². The molecule has 0 bridgehead atoms. The van der Waals surface area contributed by atoms with E-state index in [9.17, 15) is 13.2 Å². The van der Waals surface area contributed by atoms with Gasteiger partial charge in [-0.15, -0.1) is 11.3 Å². The summed E-state index contributed by atoms with van der Waals surface area (Å²) in [6.07, 6.45) is 0. The van der Waals surface area contributed by atoms with Crippen LogP contribution in [-0.4, -0.2) is 62.0 Å². The quantitative estimate of drug-likeness (QED) is 0.603. The molecule has 9 nitrogen and oxygen atoms in total. The van der Waals surface area contributed by atoms with E-state index in [1.54, 1.807) is 12.1 Å². The number of morpholine rings is 1. The van der Waals surface area contributed by atoms with Gasteiger partial charge in [-0.25, -0.2) is 18.4 Å². The van der Waals surface area contributed by atoms with Gasteiger partial charge in [0.25, 0.3) is 5.91 Å². The second kappa shape index (κ2) is 8.74. The van der Waals surface area contributed by atoms with Crippen LogP contribution < -0.4 is 10.1 Å². The first-order chi connectivity index (χ1) is 15.2. The predicted octanol–water partition coefficient (Wildman–Crippen LogP) is 2.90. The first-order valence-electron chi connectivity index (χ1n) is 10.0. The van der Waals surface area contributed by atoms with Crippen molar-refractivity contribution in [3.05, 3.63) is 40.2 Å². The second-order valence-electron chi connectivity index (χ2n) is 7.43. The SMILES string of the molecule is COc1ccc(NC(=O)c2sc3nc(C)nc(C)c3c2C)cc1S(=O)(=O)N1CCOCC1. The minimum Gasteiger partial charge on any atom is -0.495 e. The van der Waals surface area contributed by atoms with E-state index in [0.717, 1.165) is 21.5 Å². The zero-order valence-corrected chi connectivity index (χ0v) is 19.9. The molecular weight excluding hydrogens is 452 g/mol. The van der Waals surface area contributed by atoms with Crippen LogP contribution in [0.1, 0.15) is 26.8 Å². The van der Waals surface area contributed by atoms with E-state index in [1.165, 1.54) is 28.8 Å². The van der Waals surface area contributed by atoms with Gasteiger partial charge in [0.2, 0.25) is 10.0 Å². The molecule has 170 valence electrons. The number of carbonyl (C=O) groups excluding carboxylic acids is 1. The monoisotopic (exact) mass is 476 g/mol. The lowest BCUT2D eigenvalue weighted by Gasteiger charge is -2.26. The molecule has 0 spiro atoms. The van der Waals surface area contributed by atoms with Crippen LogP contribution in [-0.2, 0) is 14.8 Å². The van der Waals surface area contributed by atoms with Crippen LogP contribution in [0.15, 0.2) is 23.1 Å². The molecule has 1 saturated heterocycles. The largest absolute Gasteiger partial charge is 0.495 e. The molecule has 0 aliphatic carbocycles. The summed E-state index contributed by atoms with van der Waals surface area (Å²) >= 11 is 1.29. The fraction of sp³-hybridized carbons (Fsp3) is 0.381. The molecule has 1 aromatic carbocycles. The Kier molecular flexibility index (Phi) is 6.17. The van der Waals surface area contributed by atoms with Gasteiger partial charge >= 0.3 is 0 Å². The molecule has 32 heavy (non-hydrogen) atoms. The highest BCUT2D eigenvalue weighted by molar-refractivity contribution is 7.89. The molecule has 1 amide bonds. The Bertz CT molecular complexity index is 1300. The maximum Gasteiger partial charge on any atom is 0.266 e. The number of hydrogen-bond donors (Lipinski definition) is 1. The second-order valence-corrected chi connectivity index (χ2v) is 10.3. The summed E-state index contributed by atoms with van der Waals surface area (Å²) < 4.78 is 38.3. The molecule has 2 aromatic heterocycles. The standard InChI is InChI=1S/C21H24N4O5S2/c1-12-18-13(2)22-14(3)23-21(18)31-19(12)20(26)24-15-5-6-16(29-4)17(11-15)32(27,28)25-7-9-30-10-8-25/h5-6,11H,7-10H2,1-4H3,(H,24,26). The van der Waals surface area contributed by atoms with E-state index in [0.29, 0.717) is 29.6 Å². The molecule has 11 heteroatoms. The number of sulfonamides is 1. The number of hydrogen-bond acceptors (Lipinski definition) is 8. The summed E-state index contributed by atoms with van der Waals surface area (Å²) in [7, 11) is -2.39. The number of thiophene rings is 1. The van der Waals surface area contributed by atoms with Gasteiger partial charge in [0, 0.05) is 29.9 Å². The molecule has 1 aliphatic heterocycles. The number of nitrogens with zero attached hydrogens (tertiary/aromatic N) is 3. The van der Waals surface area contributed by atoms with Gasteiger partial charge in [-0.3, -0.25) is 4.79 Å². The molecule has 0 saturated carbocycles. The van der Waals surface area contributed by atoms with Crippen molar-refractivity contribution in [2.75, 3.05) is 38.7 Å². The third-order valence-electron chi connectivity index (χ3n) is 5.30. The van der Waals surface area contributed by atoms with Gasteiger partial charge in [-0.2, -0.15) is 4.31 Å². The van der Waals surface area contributed by atoms with Crippen LogP contribution in [0.4, 0.5) is 5.69 Å². The van der Waals surface area contributed by atoms with Crippen LogP contribution in [0.2, 0.25) is 0 Å². The molecule has 4 rings (SSSR count). The highest BCUT2D eigenvalue weighted by atomic mass is 32.2. The Morgan fingerprint density at radius 2 is 1.91 bits per heavy atom. The highest BCUT2D eigenvalue weighted by Crippen LogP contribution is 2.33. The lowest BCUT2D eigenvalue weighted by atomic mass is 10.1. The fourth-order valence-electron chi connectivity index (χ4n) is 3.76. The molecule has 1 aliphatic rings. The van der Waals surface area contributed by atoms with E-state index in [4.69, 9.17) is 9.47 Å². The topological polar surface area (TPSA) is 111 Å². The van der Waals surface area contributed by atoms with Crippen LogP contribution in [0.25, 0.3) is 10.2 Å². The lowest BCUT2D eigenvalue weighted by Crippen LogP contribution is -2.40. The van der Waals surface area contributed by atoms with E-state index >= 15 is 0 Å². The summed E-state index contributed by atoms with van der Waals surface area (Å²) in [6, 6.07) is 4.59. The Hall–Kier alpha value is -2.60. The molecule has 1 N–H and O–H groups in total. The molecule has 1 fully saturated rings. The minimum atomic E-state index is -3.81. The highest BCUT2D eigenvalue weighted by Gasteiger charge is 2.30. The van der Waals surface area contributed by atoms with Crippen molar-refractivity contribution in [3.63, 3.8) is 0 Å². The summed E-state index contributed by atoms with van der Waals surface area (Å²) in [6.45, 7) is 6.78. The maximum absolute atomic E-state index is 13.2. The van der Waals surface area contributed by atoms with Crippen LogP contribution >= 0.6 is 11.3 Å². The number of aryl methyl sites for hydroxylation is 3. The zero-order chi connectivity index (χ0) is 23.0. The third-order valence-corrected chi connectivity index (χ3v) is 8.40. The average molecular weight is 477 g/mol.